The zero-order valence-corrected chi connectivity index (χ0v) is 24.8. The number of piperazine rings is 1. The zero-order chi connectivity index (χ0) is 29.6. The number of benzene rings is 1. The second-order valence-corrected chi connectivity index (χ2v) is 13.5. The molecule has 6 rings (SSSR count). The van der Waals surface area contributed by atoms with Gasteiger partial charge in [0.25, 0.3) is 5.56 Å². The van der Waals surface area contributed by atoms with E-state index in [0.29, 0.717) is 63.2 Å². The molecule has 0 aliphatic carbocycles. The maximum atomic E-state index is 13.2. The van der Waals surface area contributed by atoms with Crippen LogP contribution in [0.1, 0.15) is 29.4 Å². The predicted molar refractivity (Wildman–Crippen MR) is 157 cm³/mol. The molecule has 1 aromatic carbocycles. The number of fused-ring (bicyclic) bond motifs is 4. The normalized spacial score (nSPS) is 21.7. The minimum Gasteiger partial charge on any atom is -0.503 e. The molecule has 5 heterocycles. The van der Waals surface area contributed by atoms with E-state index in [1.165, 1.54) is 17.5 Å². The van der Waals surface area contributed by atoms with Crippen LogP contribution in [-0.2, 0) is 36.7 Å². The number of nitrogens with zero attached hydrogens (tertiary/aromatic N) is 5. The zero-order valence-electron chi connectivity index (χ0n) is 24.0. The largest absolute Gasteiger partial charge is 0.503 e. The van der Waals surface area contributed by atoms with Crippen molar-refractivity contribution < 1.29 is 18.3 Å². The van der Waals surface area contributed by atoms with Gasteiger partial charge in [0.15, 0.2) is 5.75 Å². The molecular weight excluding hydrogens is 558 g/mol. The number of ether oxygens (including phenoxy) is 1. The Bertz CT molecular complexity index is 1690. The molecule has 1 N–H and O–H groups in total. The standard InChI is InChI=1S/C30H37N5O6S/c1-31-23(19-33-16-21-14-22(18-33)26-4-3-5-29(37)35(26)17-21)15-28(36)30(38)27(31)20-32-10-12-34(13-11-32)42(39,40)25-8-6-24(41-2)7-9-25/h3-9,15,21-22,38H,10-14,16-20H2,1-2H3/t21-,22+/m0/s1. The summed E-state index contributed by atoms with van der Waals surface area (Å²) in [5, 5.41) is 10.8. The van der Waals surface area contributed by atoms with Gasteiger partial charge < -0.3 is 19.0 Å². The van der Waals surface area contributed by atoms with Crippen LogP contribution in [-0.4, -0.2) is 83.1 Å². The number of likely N-dealkylation sites (tertiary alicyclic amines) is 1. The van der Waals surface area contributed by atoms with Crippen molar-refractivity contribution in [2.45, 2.75) is 36.9 Å². The fourth-order valence-corrected chi connectivity index (χ4v) is 8.14. The van der Waals surface area contributed by atoms with Crippen molar-refractivity contribution in [2.75, 3.05) is 46.4 Å². The van der Waals surface area contributed by atoms with E-state index in [1.807, 2.05) is 28.3 Å². The minimum absolute atomic E-state index is 0.0559. The van der Waals surface area contributed by atoms with Gasteiger partial charge in [-0.05, 0) is 42.7 Å². The van der Waals surface area contributed by atoms with Gasteiger partial charge in [-0.25, -0.2) is 8.42 Å². The van der Waals surface area contributed by atoms with Crippen LogP contribution in [0.4, 0.5) is 0 Å². The fourth-order valence-electron chi connectivity index (χ4n) is 6.71. The van der Waals surface area contributed by atoms with E-state index < -0.39 is 15.5 Å². The van der Waals surface area contributed by atoms with Crippen LogP contribution in [0.25, 0.3) is 0 Å². The van der Waals surface area contributed by atoms with Crippen molar-refractivity contribution in [1.29, 1.82) is 0 Å². The first-order valence-corrected chi connectivity index (χ1v) is 15.8. The highest BCUT2D eigenvalue weighted by Gasteiger charge is 2.35. The van der Waals surface area contributed by atoms with Gasteiger partial charge in [-0.2, -0.15) is 4.31 Å². The van der Waals surface area contributed by atoms with Gasteiger partial charge in [-0.3, -0.25) is 19.4 Å². The highest BCUT2D eigenvalue weighted by atomic mass is 32.2. The van der Waals surface area contributed by atoms with E-state index in [4.69, 9.17) is 4.74 Å². The minimum atomic E-state index is -3.63. The van der Waals surface area contributed by atoms with Gasteiger partial charge in [-0.1, -0.05) is 6.07 Å². The van der Waals surface area contributed by atoms with Gasteiger partial charge in [-0.15, -0.1) is 0 Å². The van der Waals surface area contributed by atoms with Crippen LogP contribution >= 0.6 is 0 Å². The molecule has 0 unspecified atom stereocenters. The van der Waals surface area contributed by atoms with Gasteiger partial charge in [0, 0.05) is 95.4 Å². The molecule has 0 amide bonds. The molecular formula is C30H37N5O6S. The van der Waals surface area contributed by atoms with Crippen molar-refractivity contribution in [3.05, 3.63) is 86.2 Å². The third-order valence-electron chi connectivity index (χ3n) is 8.98. The molecule has 0 saturated carbocycles. The number of hydrogen-bond acceptors (Lipinski definition) is 8. The Balaban J connectivity index is 1.14. The topological polar surface area (TPSA) is 117 Å². The fraction of sp³-hybridized carbons (Fsp3) is 0.467. The lowest BCUT2D eigenvalue weighted by molar-refractivity contribution is 0.112. The number of piperidine rings is 1. The first-order chi connectivity index (χ1) is 20.1. The van der Waals surface area contributed by atoms with Crippen LogP contribution in [0, 0.1) is 5.92 Å². The average molecular weight is 596 g/mol. The summed E-state index contributed by atoms with van der Waals surface area (Å²) in [6.45, 7) is 4.82. The van der Waals surface area contributed by atoms with Crippen molar-refractivity contribution in [2.24, 2.45) is 13.0 Å². The second kappa shape index (κ2) is 11.3. The van der Waals surface area contributed by atoms with Crippen molar-refractivity contribution in [1.82, 2.24) is 23.2 Å². The van der Waals surface area contributed by atoms with E-state index in [2.05, 4.69) is 9.80 Å². The number of pyridine rings is 2. The molecule has 2 saturated heterocycles. The number of sulfonamides is 1. The molecule has 2 atom stereocenters. The summed E-state index contributed by atoms with van der Waals surface area (Å²) in [7, 11) is -0.230. The summed E-state index contributed by atoms with van der Waals surface area (Å²) in [4.78, 5) is 29.9. The molecule has 2 fully saturated rings. The SMILES string of the molecule is COc1ccc(S(=O)(=O)N2CCN(Cc3c(O)c(=O)cc(CN4C[C@@H]5C[C@H](C4)c4cccc(=O)n4C5)n3C)CC2)cc1. The quantitative estimate of drug-likeness (QED) is 0.436. The molecule has 3 aromatic rings. The molecule has 3 aliphatic heterocycles. The molecule has 11 nitrogen and oxygen atoms in total. The van der Waals surface area contributed by atoms with Crippen molar-refractivity contribution in [3.8, 4) is 11.5 Å². The Morgan fingerprint density at radius 3 is 2.38 bits per heavy atom. The van der Waals surface area contributed by atoms with E-state index in [1.54, 1.807) is 30.3 Å². The number of aromatic nitrogens is 2. The van der Waals surface area contributed by atoms with Crippen LogP contribution in [0.5, 0.6) is 11.5 Å². The monoisotopic (exact) mass is 595 g/mol. The van der Waals surface area contributed by atoms with E-state index in [9.17, 15) is 23.1 Å². The van der Waals surface area contributed by atoms with E-state index >= 15 is 0 Å². The van der Waals surface area contributed by atoms with Crippen molar-refractivity contribution in [3.63, 3.8) is 0 Å². The number of hydrogen-bond donors (Lipinski definition) is 1. The summed E-state index contributed by atoms with van der Waals surface area (Å²) in [5.74, 6) is 0.969. The molecule has 2 bridgehead atoms. The maximum Gasteiger partial charge on any atom is 0.250 e. The number of rotatable bonds is 7. The second-order valence-electron chi connectivity index (χ2n) is 11.6. The third-order valence-corrected chi connectivity index (χ3v) is 10.9. The van der Waals surface area contributed by atoms with Crippen LogP contribution in [0.15, 0.2) is 63.0 Å². The van der Waals surface area contributed by atoms with Crippen molar-refractivity contribution >= 4 is 10.0 Å². The highest BCUT2D eigenvalue weighted by Crippen LogP contribution is 2.35. The molecule has 12 heteroatoms. The Morgan fingerprint density at radius 1 is 0.929 bits per heavy atom. The van der Waals surface area contributed by atoms with Gasteiger partial charge in [0.2, 0.25) is 15.5 Å². The van der Waals surface area contributed by atoms with E-state index in [0.717, 1.165) is 30.9 Å². The first kappa shape index (κ1) is 28.7. The lowest BCUT2D eigenvalue weighted by Gasteiger charge is -2.43. The summed E-state index contributed by atoms with van der Waals surface area (Å²) < 4.78 is 36.7. The predicted octanol–water partition coefficient (Wildman–Crippen LogP) is 1.39. The molecule has 2 aromatic heterocycles. The van der Waals surface area contributed by atoms with E-state index in [-0.39, 0.29) is 22.1 Å². The molecule has 0 spiro atoms. The van der Waals surface area contributed by atoms with Crippen LogP contribution < -0.4 is 15.7 Å². The lowest BCUT2D eigenvalue weighted by Crippen LogP contribution is -2.48. The van der Waals surface area contributed by atoms with Gasteiger partial charge >= 0.3 is 0 Å². The molecule has 42 heavy (non-hydrogen) atoms. The Hall–Kier alpha value is -3.45. The summed E-state index contributed by atoms with van der Waals surface area (Å²) in [5.41, 5.74) is 2.07. The van der Waals surface area contributed by atoms with Crippen LogP contribution in [0.3, 0.4) is 0 Å². The maximum absolute atomic E-state index is 13.2. The van der Waals surface area contributed by atoms with Crippen LogP contribution in [0.2, 0.25) is 0 Å². The smallest absolute Gasteiger partial charge is 0.250 e. The summed E-state index contributed by atoms with van der Waals surface area (Å²) >= 11 is 0. The Kier molecular flexibility index (Phi) is 7.73. The highest BCUT2D eigenvalue weighted by molar-refractivity contribution is 7.89. The average Bonchev–Trinajstić information content (AvgIpc) is 2.99. The first-order valence-electron chi connectivity index (χ1n) is 14.3. The summed E-state index contributed by atoms with van der Waals surface area (Å²) in [6.07, 6.45) is 1.06. The molecule has 0 radical (unpaired) electrons. The number of methoxy groups -OCH3 is 1. The third kappa shape index (κ3) is 5.39. The molecule has 224 valence electrons. The molecule has 3 aliphatic rings. The van der Waals surface area contributed by atoms with Gasteiger partial charge in [0.1, 0.15) is 5.75 Å². The Labute approximate surface area is 245 Å². The summed E-state index contributed by atoms with van der Waals surface area (Å²) in [6, 6.07) is 13.4. The Morgan fingerprint density at radius 2 is 1.67 bits per heavy atom. The number of aromatic hydroxyl groups is 1. The van der Waals surface area contributed by atoms with Gasteiger partial charge in [0.05, 0.1) is 17.7 Å². The lowest BCUT2D eigenvalue weighted by atomic mass is 9.83.